The van der Waals surface area contributed by atoms with E-state index in [0.29, 0.717) is 11.0 Å². The fraction of sp³-hybridized carbons (Fsp3) is 0.111. The Hall–Kier alpha value is -3.26. The number of amides is 1. The SMILES string of the molecule is COc1ccc2nc(NC(=O)COc3ncnc4ccccc34)sc2c1. The number of benzene rings is 2. The third-order valence-corrected chi connectivity index (χ3v) is 4.62. The molecule has 4 aromatic rings. The van der Waals surface area contributed by atoms with Gasteiger partial charge in [0.1, 0.15) is 12.1 Å². The lowest BCUT2D eigenvalue weighted by molar-refractivity contribution is -0.118. The van der Waals surface area contributed by atoms with Crippen LogP contribution in [0.4, 0.5) is 5.13 Å². The first-order valence-corrected chi connectivity index (χ1v) is 8.61. The molecule has 0 saturated heterocycles. The number of ether oxygens (including phenoxy) is 2. The molecule has 0 radical (unpaired) electrons. The summed E-state index contributed by atoms with van der Waals surface area (Å²) in [6.45, 7) is -0.166. The van der Waals surface area contributed by atoms with Gasteiger partial charge in [-0.1, -0.05) is 23.5 Å². The summed E-state index contributed by atoms with van der Waals surface area (Å²) < 4.78 is 11.7. The standard InChI is InChI=1S/C18H14N4O3S/c1-24-11-6-7-14-15(8-11)26-18(21-14)22-16(23)9-25-17-12-4-2-3-5-13(12)19-10-20-17/h2-8,10H,9H2,1H3,(H,21,22,23). The monoisotopic (exact) mass is 366 g/mol. The molecular weight excluding hydrogens is 352 g/mol. The van der Waals surface area contributed by atoms with Crippen LogP contribution in [0.3, 0.4) is 0 Å². The van der Waals surface area contributed by atoms with Gasteiger partial charge in [0, 0.05) is 0 Å². The average molecular weight is 366 g/mol. The van der Waals surface area contributed by atoms with Crippen molar-refractivity contribution >= 4 is 43.5 Å². The van der Waals surface area contributed by atoms with Crippen LogP contribution in [-0.4, -0.2) is 34.6 Å². The van der Waals surface area contributed by atoms with E-state index >= 15 is 0 Å². The zero-order valence-corrected chi connectivity index (χ0v) is 14.6. The van der Waals surface area contributed by atoms with Gasteiger partial charge < -0.3 is 9.47 Å². The molecule has 0 spiro atoms. The summed E-state index contributed by atoms with van der Waals surface area (Å²) >= 11 is 1.38. The quantitative estimate of drug-likeness (QED) is 0.583. The summed E-state index contributed by atoms with van der Waals surface area (Å²) in [5, 5.41) is 4.01. The third-order valence-electron chi connectivity index (χ3n) is 3.69. The van der Waals surface area contributed by atoms with Crippen LogP contribution >= 0.6 is 11.3 Å². The van der Waals surface area contributed by atoms with Crippen molar-refractivity contribution in [2.75, 3.05) is 19.0 Å². The van der Waals surface area contributed by atoms with E-state index in [2.05, 4.69) is 20.3 Å². The van der Waals surface area contributed by atoms with Gasteiger partial charge in [-0.05, 0) is 30.3 Å². The lowest BCUT2D eigenvalue weighted by atomic mass is 10.2. The van der Waals surface area contributed by atoms with Gasteiger partial charge in [-0.15, -0.1) is 0 Å². The van der Waals surface area contributed by atoms with Gasteiger partial charge in [0.2, 0.25) is 5.88 Å². The van der Waals surface area contributed by atoms with Crippen LogP contribution in [0, 0.1) is 0 Å². The Balaban J connectivity index is 1.45. The maximum absolute atomic E-state index is 12.2. The maximum atomic E-state index is 12.2. The minimum absolute atomic E-state index is 0.166. The van der Waals surface area contributed by atoms with E-state index in [1.165, 1.54) is 17.7 Å². The van der Waals surface area contributed by atoms with Gasteiger partial charge in [-0.2, -0.15) is 0 Å². The maximum Gasteiger partial charge on any atom is 0.264 e. The van der Waals surface area contributed by atoms with E-state index in [1.807, 2.05) is 42.5 Å². The van der Waals surface area contributed by atoms with Crippen LogP contribution in [0.5, 0.6) is 11.6 Å². The first-order chi connectivity index (χ1) is 12.7. The van der Waals surface area contributed by atoms with Crippen LogP contribution < -0.4 is 14.8 Å². The second-order valence-electron chi connectivity index (χ2n) is 5.39. The first kappa shape index (κ1) is 16.2. The molecule has 4 rings (SSSR count). The zero-order valence-electron chi connectivity index (χ0n) is 13.8. The fourth-order valence-electron chi connectivity index (χ4n) is 2.47. The molecular formula is C18H14N4O3S. The molecule has 26 heavy (non-hydrogen) atoms. The number of carbonyl (C=O) groups is 1. The molecule has 0 aliphatic rings. The van der Waals surface area contributed by atoms with Crippen molar-refractivity contribution in [1.82, 2.24) is 15.0 Å². The van der Waals surface area contributed by atoms with E-state index in [-0.39, 0.29) is 12.5 Å². The zero-order chi connectivity index (χ0) is 17.9. The largest absolute Gasteiger partial charge is 0.497 e. The number of nitrogens with one attached hydrogen (secondary N) is 1. The second kappa shape index (κ2) is 6.93. The lowest BCUT2D eigenvalue weighted by Crippen LogP contribution is -2.20. The molecule has 8 heteroatoms. The highest BCUT2D eigenvalue weighted by Gasteiger charge is 2.11. The topological polar surface area (TPSA) is 86.2 Å². The van der Waals surface area contributed by atoms with Gasteiger partial charge in [-0.3, -0.25) is 10.1 Å². The van der Waals surface area contributed by atoms with Crippen molar-refractivity contribution in [3.8, 4) is 11.6 Å². The fourth-order valence-corrected chi connectivity index (χ4v) is 3.38. The molecule has 0 fully saturated rings. The summed E-state index contributed by atoms with van der Waals surface area (Å²) in [4.78, 5) is 24.8. The normalized spacial score (nSPS) is 10.8. The molecule has 2 aromatic heterocycles. The van der Waals surface area contributed by atoms with Crippen LogP contribution in [0.1, 0.15) is 0 Å². The third kappa shape index (κ3) is 3.27. The second-order valence-corrected chi connectivity index (χ2v) is 6.42. The molecule has 130 valence electrons. The highest BCUT2D eigenvalue weighted by atomic mass is 32.1. The van der Waals surface area contributed by atoms with Crippen LogP contribution in [0.2, 0.25) is 0 Å². The molecule has 1 N–H and O–H groups in total. The van der Waals surface area contributed by atoms with E-state index in [4.69, 9.17) is 9.47 Å². The van der Waals surface area contributed by atoms with Crippen molar-refractivity contribution in [2.45, 2.75) is 0 Å². The Morgan fingerprint density at radius 3 is 2.92 bits per heavy atom. The molecule has 0 unspecified atom stereocenters. The van der Waals surface area contributed by atoms with Gasteiger partial charge in [0.25, 0.3) is 5.91 Å². The van der Waals surface area contributed by atoms with Crippen LogP contribution in [0.25, 0.3) is 21.1 Å². The molecule has 2 heterocycles. The van der Waals surface area contributed by atoms with E-state index in [0.717, 1.165) is 26.9 Å². The number of para-hydroxylation sites is 1. The summed E-state index contributed by atoms with van der Waals surface area (Å²) in [7, 11) is 1.61. The number of fused-ring (bicyclic) bond motifs is 2. The van der Waals surface area contributed by atoms with E-state index in [9.17, 15) is 4.79 Å². The Bertz CT molecular complexity index is 1090. The van der Waals surface area contributed by atoms with Crippen molar-refractivity contribution in [3.05, 3.63) is 48.8 Å². The van der Waals surface area contributed by atoms with Gasteiger partial charge in [-0.25, -0.2) is 15.0 Å². The summed E-state index contributed by atoms with van der Waals surface area (Å²) in [5.41, 5.74) is 1.56. The summed E-state index contributed by atoms with van der Waals surface area (Å²) in [5.74, 6) is 0.816. The molecule has 0 saturated carbocycles. The number of rotatable bonds is 5. The summed E-state index contributed by atoms with van der Waals surface area (Å²) in [6, 6.07) is 13.0. The van der Waals surface area contributed by atoms with Crippen molar-refractivity contribution < 1.29 is 14.3 Å². The summed E-state index contributed by atoms with van der Waals surface area (Å²) in [6.07, 6.45) is 1.41. The van der Waals surface area contributed by atoms with Crippen LogP contribution in [0.15, 0.2) is 48.8 Å². The van der Waals surface area contributed by atoms with Gasteiger partial charge >= 0.3 is 0 Å². The number of thiazole rings is 1. The highest BCUT2D eigenvalue weighted by Crippen LogP contribution is 2.29. The van der Waals surface area contributed by atoms with Gasteiger partial charge in [0.15, 0.2) is 11.7 Å². The Morgan fingerprint density at radius 2 is 2.04 bits per heavy atom. The molecule has 1 amide bonds. The number of nitrogens with zero attached hydrogens (tertiary/aromatic N) is 3. The molecule has 0 aliphatic carbocycles. The minimum Gasteiger partial charge on any atom is -0.497 e. The van der Waals surface area contributed by atoms with Crippen molar-refractivity contribution in [3.63, 3.8) is 0 Å². The number of anilines is 1. The van der Waals surface area contributed by atoms with E-state index in [1.54, 1.807) is 7.11 Å². The highest BCUT2D eigenvalue weighted by molar-refractivity contribution is 7.22. The van der Waals surface area contributed by atoms with Crippen molar-refractivity contribution in [2.24, 2.45) is 0 Å². The lowest BCUT2D eigenvalue weighted by Gasteiger charge is -2.07. The average Bonchev–Trinajstić information content (AvgIpc) is 3.07. The Morgan fingerprint density at radius 1 is 1.15 bits per heavy atom. The van der Waals surface area contributed by atoms with E-state index < -0.39 is 0 Å². The number of aromatic nitrogens is 3. The number of hydrogen-bond donors (Lipinski definition) is 1. The molecule has 7 nitrogen and oxygen atoms in total. The molecule has 0 aliphatic heterocycles. The minimum atomic E-state index is -0.307. The molecule has 2 aromatic carbocycles. The van der Waals surface area contributed by atoms with Crippen LogP contribution in [-0.2, 0) is 4.79 Å². The number of methoxy groups -OCH3 is 1. The smallest absolute Gasteiger partial charge is 0.264 e. The first-order valence-electron chi connectivity index (χ1n) is 7.80. The Kier molecular flexibility index (Phi) is 4.32. The number of hydrogen-bond acceptors (Lipinski definition) is 7. The predicted octanol–water partition coefficient (Wildman–Crippen LogP) is 3.27. The predicted molar refractivity (Wildman–Crippen MR) is 99.8 cm³/mol. The van der Waals surface area contributed by atoms with Crippen molar-refractivity contribution in [1.29, 1.82) is 0 Å². The molecule has 0 atom stereocenters. The Labute approximate surface area is 152 Å². The number of carbonyl (C=O) groups excluding carboxylic acids is 1. The van der Waals surface area contributed by atoms with Gasteiger partial charge in [0.05, 0.1) is 28.2 Å². The molecule has 0 bridgehead atoms.